The van der Waals surface area contributed by atoms with Crippen LogP contribution in [-0.2, 0) is 13.1 Å². The van der Waals surface area contributed by atoms with Crippen LogP contribution in [0.5, 0.6) is 0 Å². The molecule has 0 saturated heterocycles. The van der Waals surface area contributed by atoms with Crippen molar-refractivity contribution in [2.75, 3.05) is 5.32 Å². The molecule has 0 aliphatic carbocycles. The van der Waals surface area contributed by atoms with Gasteiger partial charge < -0.3 is 10.6 Å². The highest BCUT2D eigenvalue weighted by Crippen LogP contribution is 2.12. The van der Waals surface area contributed by atoms with Gasteiger partial charge in [0.25, 0.3) is 5.91 Å². The van der Waals surface area contributed by atoms with Crippen LogP contribution in [0.1, 0.15) is 21.6 Å². The van der Waals surface area contributed by atoms with Crippen molar-refractivity contribution in [2.24, 2.45) is 0 Å². The predicted octanol–water partition coefficient (Wildman–Crippen LogP) is 3.67. The Hall–Kier alpha value is -2.92. The summed E-state index contributed by atoms with van der Waals surface area (Å²) >= 11 is 5.87. The molecule has 0 aliphatic heterocycles. The van der Waals surface area contributed by atoms with Gasteiger partial charge >= 0.3 is 0 Å². The molecule has 0 aliphatic rings. The predicted molar refractivity (Wildman–Crippen MR) is 98.4 cm³/mol. The lowest BCUT2D eigenvalue weighted by molar-refractivity contribution is 0.0946. The van der Waals surface area contributed by atoms with Crippen molar-refractivity contribution in [3.63, 3.8) is 0 Å². The zero-order valence-corrected chi connectivity index (χ0v) is 14.2. The number of halogens is 1. The Morgan fingerprint density at radius 3 is 2.48 bits per heavy atom. The van der Waals surface area contributed by atoms with Crippen LogP contribution < -0.4 is 10.6 Å². The molecule has 0 bridgehead atoms. The highest BCUT2D eigenvalue weighted by Gasteiger charge is 2.07. The Labute approximate surface area is 151 Å². The minimum absolute atomic E-state index is 0.215. The standard InChI is InChI=1S/C19H17ClN4O/c20-16-5-3-14(4-6-16)11-22-17-7-8-18(23-13-17)19(25)24-12-15-2-1-9-21-10-15/h1-10,13,22H,11-12H2,(H,24,25). The summed E-state index contributed by atoms with van der Waals surface area (Å²) in [5.74, 6) is -0.215. The number of pyridine rings is 2. The molecule has 3 aromatic rings. The van der Waals surface area contributed by atoms with E-state index in [4.69, 9.17) is 11.6 Å². The van der Waals surface area contributed by atoms with E-state index in [1.165, 1.54) is 0 Å². The summed E-state index contributed by atoms with van der Waals surface area (Å²) in [6, 6.07) is 14.9. The van der Waals surface area contributed by atoms with Gasteiger partial charge in [0.1, 0.15) is 5.69 Å². The van der Waals surface area contributed by atoms with Crippen LogP contribution in [0.25, 0.3) is 0 Å². The quantitative estimate of drug-likeness (QED) is 0.710. The zero-order valence-electron chi connectivity index (χ0n) is 13.4. The van der Waals surface area contributed by atoms with Gasteiger partial charge in [-0.2, -0.15) is 0 Å². The van der Waals surface area contributed by atoms with Crippen molar-refractivity contribution < 1.29 is 4.79 Å². The first-order chi connectivity index (χ1) is 12.2. The van der Waals surface area contributed by atoms with Gasteiger partial charge in [-0.05, 0) is 41.5 Å². The van der Waals surface area contributed by atoms with Crippen LogP contribution in [0.4, 0.5) is 5.69 Å². The Morgan fingerprint density at radius 1 is 0.960 bits per heavy atom. The van der Waals surface area contributed by atoms with E-state index in [0.29, 0.717) is 23.8 Å². The first kappa shape index (κ1) is 16.9. The van der Waals surface area contributed by atoms with Gasteiger partial charge in [0.05, 0.1) is 11.9 Å². The minimum Gasteiger partial charge on any atom is -0.380 e. The summed E-state index contributed by atoms with van der Waals surface area (Å²) in [6.07, 6.45) is 5.06. The molecule has 0 radical (unpaired) electrons. The number of nitrogens with one attached hydrogen (secondary N) is 2. The number of carbonyl (C=O) groups is 1. The molecule has 6 heteroatoms. The van der Waals surface area contributed by atoms with Gasteiger partial charge in [0, 0.05) is 30.5 Å². The smallest absolute Gasteiger partial charge is 0.270 e. The van der Waals surface area contributed by atoms with Crippen LogP contribution in [0.15, 0.2) is 67.1 Å². The molecular formula is C19H17ClN4O. The summed E-state index contributed by atoms with van der Waals surface area (Å²) in [7, 11) is 0. The fourth-order valence-electron chi connectivity index (χ4n) is 2.21. The van der Waals surface area contributed by atoms with Gasteiger partial charge in [0.2, 0.25) is 0 Å². The molecule has 5 nitrogen and oxygen atoms in total. The third-order valence-electron chi connectivity index (χ3n) is 3.58. The van der Waals surface area contributed by atoms with Gasteiger partial charge in [0.15, 0.2) is 0 Å². The van der Waals surface area contributed by atoms with Crippen LogP contribution in [-0.4, -0.2) is 15.9 Å². The summed E-state index contributed by atoms with van der Waals surface area (Å²) in [4.78, 5) is 20.3. The molecule has 0 unspecified atom stereocenters. The minimum atomic E-state index is -0.215. The van der Waals surface area contributed by atoms with E-state index in [0.717, 1.165) is 16.8 Å². The maximum Gasteiger partial charge on any atom is 0.270 e. The van der Waals surface area contributed by atoms with Gasteiger partial charge in [-0.3, -0.25) is 9.78 Å². The Morgan fingerprint density at radius 2 is 1.80 bits per heavy atom. The highest BCUT2D eigenvalue weighted by atomic mass is 35.5. The van der Waals surface area contributed by atoms with Crippen LogP contribution >= 0.6 is 11.6 Å². The SMILES string of the molecule is O=C(NCc1cccnc1)c1ccc(NCc2ccc(Cl)cc2)cn1. The van der Waals surface area contributed by atoms with E-state index < -0.39 is 0 Å². The van der Waals surface area contributed by atoms with Crippen molar-refractivity contribution >= 4 is 23.2 Å². The maximum absolute atomic E-state index is 12.1. The lowest BCUT2D eigenvalue weighted by Gasteiger charge is -2.08. The molecule has 2 aromatic heterocycles. The Kier molecular flexibility index (Phi) is 5.59. The average molecular weight is 353 g/mol. The normalized spacial score (nSPS) is 10.3. The monoisotopic (exact) mass is 352 g/mol. The number of hydrogen-bond donors (Lipinski definition) is 2. The Bertz CT molecular complexity index is 820. The van der Waals surface area contributed by atoms with Crippen molar-refractivity contribution in [1.82, 2.24) is 15.3 Å². The fourth-order valence-corrected chi connectivity index (χ4v) is 2.34. The number of aromatic nitrogens is 2. The third-order valence-corrected chi connectivity index (χ3v) is 3.83. The zero-order chi connectivity index (χ0) is 17.5. The summed E-state index contributed by atoms with van der Waals surface area (Å²) in [6.45, 7) is 1.08. The van der Waals surface area contributed by atoms with E-state index >= 15 is 0 Å². The molecule has 0 atom stereocenters. The van der Waals surface area contributed by atoms with Gasteiger partial charge in [-0.1, -0.05) is 29.8 Å². The summed E-state index contributed by atoms with van der Waals surface area (Å²) < 4.78 is 0. The molecule has 25 heavy (non-hydrogen) atoms. The summed E-state index contributed by atoms with van der Waals surface area (Å²) in [5, 5.41) is 6.80. The van der Waals surface area contributed by atoms with E-state index in [9.17, 15) is 4.79 Å². The molecule has 0 fully saturated rings. The van der Waals surface area contributed by atoms with Crippen molar-refractivity contribution in [3.05, 3.63) is 89.0 Å². The van der Waals surface area contributed by atoms with Crippen LogP contribution in [0, 0.1) is 0 Å². The second kappa shape index (κ2) is 8.26. The number of nitrogens with zero attached hydrogens (tertiary/aromatic N) is 2. The average Bonchev–Trinajstić information content (AvgIpc) is 2.67. The molecule has 126 valence electrons. The third kappa shape index (κ3) is 5.02. The first-order valence-corrected chi connectivity index (χ1v) is 8.20. The van der Waals surface area contributed by atoms with Crippen LogP contribution in [0.3, 0.4) is 0 Å². The molecule has 2 N–H and O–H groups in total. The van der Waals surface area contributed by atoms with E-state index in [1.807, 2.05) is 42.5 Å². The van der Waals surface area contributed by atoms with Crippen molar-refractivity contribution in [3.8, 4) is 0 Å². The van der Waals surface area contributed by atoms with Crippen LogP contribution in [0.2, 0.25) is 5.02 Å². The summed E-state index contributed by atoms with van der Waals surface area (Å²) in [5.41, 5.74) is 3.28. The van der Waals surface area contributed by atoms with Crippen molar-refractivity contribution in [2.45, 2.75) is 13.1 Å². The second-order valence-electron chi connectivity index (χ2n) is 5.46. The molecule has 3 rings (SSSR count). The Balaban J connectivity index is 1.52. The van der Waals surface area contributed by atoms with E-state index in [-0.39, 0.29) is 5.91 Å². The lowest BCUT2D eigenvalue weighted by Crippen LogP contribution is -2.23. The number of benzene rings is 1. The van der Waals surface area contributed by atoms with Gasteiger partial charge in [-0.25, -0.2) is 4.98 Å². The molecule has 1 amide bonds. The second-order valence-corrected chi connectivity index (χ2v) is 5.89. The maximum atomic E-state index is 12.1. The number of amides is 1. The van der Waals surface area contributed by atoms with E-state index in [2.05, 4.69) is 20.6 Å². The number of hydrogen-bond acceptors (Lipinski definition) is 4. The van der Waals surface area contributed by atoms with E-state index in [1.54, 1.807) is 24.7 Å². The molecule has 0 spiro atoms. The van der Waals surface area contributed by atoms with Crippen molar-refractivity contribution in [1.29, 1.82) is 0 Å². The molecular weight excluding hydrogens is 336 g/mol. The van der Waals surface area contributed by atoms with Gasteiger partial charge in [-0.15, -0.1) is 0 Å². The number of anilines is 1. The number of carbonyl (C=O) groups excluding carboxylic acids is 1. The topological polar surface area (TPSA) is 66.9 Å². The highest BCUT2D eigenvalue weighted by molar-refractivity contribution is 6.30. The first-order valence-electron chi connectivity index (χ1n) is 7.82. The molecule has 0 saturated carbocycles. The fraction of sp³-hybridized carbons (Fsp3) is 0.105. The lowest BCUT2D eigenvalue weighted by atomic mass is 10.2. The largest absolute Gasteiger partial charge is 0.380 e. The molecule has 1 aromatic carbocycles. The molecule has 2 heterocycles. The number of rotatable bonds is 6.